The molecule has 3 atom stereocenters. The lowest BCUT2D eigenvalue weighted by Gasteiger charge is -2.39. The second-order valence-electron chi connectivity index (χ2n) is 5.96. The first-order valence-corrected chi connectivity index (χ1v) is 7.36. The molecule has 0 aromatic carbocycles. The molecule has 1 aliphatic rings. The zero-order chi connectivity index (χ0) is 11.5. The van der Waals surface area contributed by atoms with Crippen LogP contribution in [0.25, 0.3) is 0 Å². The highest BCUT2D eigenvalue weighted by Gasteiger charge is 2.33. The van der Waals surface area contributed by atoms with E-state index in [2.05, 4.69) is 39.5 Å². The van der Waals surface area contributed by atoms with Crippen molar-refractivity contribution in [3.05, 3.63) is 0 Å². The number of nitrogens with two attached hydrogens (primary N) is 1. The van der Waals surface area contributed by atoms with E-state index in [0.29, 0.717) is 16.7 Å². The Balaban J connectivity index is 2.38. The Kier molecular flexibility index (Phi) is 4.98. The maximum atomic E-state index is 6.21. The molecule has 15 heavy (non-hydrogen) atoms. The highest BCUT2D eigenvalue weighted by atomic mass is 32.2. The van der Waals surface area contributed by atoms with Crippen LogP contribution in [0.5, 0.6) is 0 Å². The Morgan fingerprint density at radius 1 is 1.47 bits per heavy atom. The van der Waals surface area contributed by atoms with Crippen molar-refractivity contribution in [1.82, 2.24) is 0 Å². The van der Waals surface area contributed by atoms with Crippen molar-refractivity contribution in [1.29, 1.82) is 0 Å². The fourth-order valence-corrected chi connectivity index (χ4v) is 3.89. The minimum atomic E-state index is 0.437. The van der Waals surface area contributed by atoms with Gasteiger partial charge < -0.3 is 5.73 Å². The highest BCUT2D eigenvalue weighted by molar-refractivity contribution is 7.99. The summed E-state index contributed by atoms with van der Waals surface area (Å²) in [6.45, 7) is 9.38. The van der Waals surface area contributed by atoms with Crippen LogP contribution < -0.4 is 5.73 Å². The minimum Gasteiger partial charge on any atom is -0.327 e. The van der Waals surface area contributed by atoms with Crippen LogP contribution in [0.1, 0.15) is 53.4 Å². The molecule has 0 amide bonds. The third kappa shape index (κ3) is 4.36. The topological polar surface area (TPSA) is 26.0 Å². The van der Waals surface area contributed by atoms with Crippen molar-refractivity contribution in [3.8, 4) is 0 Å². The van der Waals surface area contributed by atoms with Gasteiger partial charge in [-0.2, -0.15) is 11.8 Å². The Morgan fingerprint density at radius 3 is 2.73 bits per heavy atom. The molecule has 2 heteroatoms. The zero-order valence-corrected chi connectivity index (χ0v) is 11.6. The minimum absolute atomic E-state index is 0.437. The Bertz CT molecular complexity index is 191. The molecule has 0 radical (unpaired) electrons. The molecule has 0 aromatic heterocycles. The Labute approximate surface area is 99.6 Å². The van der Waals surface area contributed by atoms with Gasteiger partial charge in [0.2, 0.25) is 0 Å². The summed E-state index contributed by atoms with van der Waals surface area (Å²) >= 11 is 2.12. The summed E-state index contributed by atoms with van der Waals surface area (Å²) in [4.78, 5) is 0. The maximum Gasteiger partial charge on any atom is 0.0204 e. The largest absolute Gasteiger partial charge is 0.327 e. The second kappa shape index (κ2) is 5.58. The summed E-state index contributed by atoms with van der Waals surface area (Å²) in [6.07, 6.45) is 5.10. The van der Waals surface area contributed by atoms with Crippen LogP contribution in [0.15, 0.2) is 0 Å². The molecule has 1 nitrogen and oxygen atoms in total. The number of hydrogen-bond donors (Lipinski definition) is 1. The van der Waals surface area contributed by atoms with E-state index in [-0.39, 0.29) is 0 Å². The van der Waals surface area contributed by atoms with E-state index in [9.17, 15) is 0 Å². The lowest BCUT2D eigenvalue weighted by Crippen LogP contribution is -2.41. The van der Waals surface area contributed by atoms with Gasteiger partial charge in [-0.1, -0.05) is 34.1 Å². The van der Waals surface area contributed by atoms with Gasteiger partial charge in [-0.15, -0.1) is 0 Å². The van der Waals surface area contributed by atoms with Gasteiger partial charge in [-0.25, -0.2) is 0 Å². The Hall–Kier alpha value is 0.310. The fraction of sp³-hybridized carbons (Fsp3) is 1.00. The fourth-order valence-electron chi connectivity index (χ4n) is 2.13. The van der Waals surface area contributed by atoms with Gasteiger partial charge in [0.05, 0.1) is 0 Å². The molecule has 1 fully saturated rings. The van der Waals surface area contributed by atoms with E-state index >= 15 is 0 Å². The van der Waals surface area contributed by atoms with Gasteiger partial charge in [0.1, 0.15) is 0 Å². The van der Waals surface area contributed by atoms with Crippen molar-refractivity contribution < 1.29 is 0 Å². The molecule has 2 N–H and O–H groups in total. The molecule has 1 saturated carbocycles. The third-order valence-corrected chi connectivity index (χ3v) is 5.38. The van der Waals surface area contributed by atoms with E-state index in [4.69, 9.17) is 5.73 Å². The van der Waals surface area contributed by atoms with Gasteiger partial charge in [0.25, 0.3) is 0 Å². The summed E-state index contributed by atoms with van der Waals surface area (Å²) in [6, 6.07) is 0.437. The summed E-state index contributed by atoms with van der Waals surface area (Å²) in [5, 5.41) is 0.697. The summed E-state index contributed by atoms with van der Waals surface area (Å²) in [5.41, 5.74) is 6.72. The molecule has 0 bridgehead atoms. The maximum absolute atomic E-state index is 6.21. The van der Waals surface area contributed by atoms with Crippen LogP contribution in [0.4, 0.5) is 0 Å². The average molecular weight is 229 g/mol. The van der Waals surface area contributed by atoms with E-state index < -0.39 is 0 Å². The second-order valence-corrected chi connectivity index (χ2v) is 7.23. The molecule has 0 aliphatic heterocycles. The monoisotopic (exact) mass is 229 g/mol. The predicted octanol–water partition coefficient (Wildman–Crippen LogP) is 3.67. The van der Waals surface area contributed by atoms with Gasteiger partial charge in [0.15, 0.2) is 0 Å². The van der Waals surface area contributed by atoms with Crippen molar-refractivity contribution in [2.75, 3.05) is 5.75 Å². The molecule has 1 rings (SSSR count). The third-order valence-electron chi connectivity index (χ3n) is 3.68. The molecule has 0 saturated heterocycles. The molecule has 90 valence electrons. The molecule has 1 aliphatic carbocycles. The van der Waals surface area contributed by atoms with Crippen LogP contribution in [0, 0.1) is 11.3 Å². The first kappa shape index (κ1) is 13.4. The SMILES string of the molecule is CCC(C)CSC1CC(C)(C)CCC1N. The van der Waals surface area contributed by atoms with Gasteiger partial charge in [0, 0.05) is 11.3 Å². The molecule has 3 unspecified atom stereocenters. The normalized spacial score (nSPS) is 32.6. The highest BCUT2D eigenvalue weighted by Crippen LogP contribution is 2.40. The van der Waals surface area contributed by atoms with Crippen LogP contribution >= 0.6 is 11.8 Å². The lowest BCUT2D eigenvalue weighted by atomic mass is 9.75. The smallest absolute Gasteiger partial charge is 0.0204 e. The number of thioether (sulfide) groups is 1. The van der Waals surface area contributed by atoms with Crippen molar-refractivity contribution in [2.45, 2.75) is 64.7 Å². The van der Waals surface area contributed by atoms with Crippen LogP contribution in [-0.2, 0) is 0 Å². The zero-order valence-electron chi connectivity index (χ0n) is 10.8. The van der Waals surface area contributed by atoms with Crippen LogP contribution in [-0.4, -0.2) is 17.0 Å². The van der Waals surface area contributed by atoms with E-state index in [0.717, 1.165) is 5.92 Å². The number of rotatable bonds is 4. The summed E-state index contributed by atoms with van der Waals surface area (Å²) in [7, 11) is 0. The molecule has 0 spiro atoms. The van der Waals surface area contributed by atoms with Gasteiger partial charge in [-0.05, 0) is 36.3 Å². The summed E-state index contributed by atoms with van der Waals surface area (Å²) in [5.74, 6) is 2.12. The molecular weight excluding hydrogens is 202 g/mol. The predicted molar refractivity (Wildman–Crippen MR) is 71.3 cm³/mol. The van der Waals surface area contributed by atoms with Gasteiger partial charge >= 0.3 is 0 Å². The van der Waals surface area contributed by atoms with E-state index in [1.807, 2.05) is 0 Å². The van der Waals surface area contributed by atoms with Crippen molar-refractivity contribution >= 4 is 11.8 Å². The molecule has 0 heterocycles. The first-order valence-electron chi connectivity index (χ1n) is 6.32. The molecule has 0 aromatic rings. The number of hydrogen-bond acceptors (Lipinski definition) is 2. The first-order chi connectivity index (χ1) is 6.94. The molecular formula is C13H27NS. The van der Waals surface area contributed by atoms with E-state index in [1.54, 1.807) is 0 Å². The average Bonchev–Trinajstić information content (AvgIpc) is 2.19. The van der Waals surface area contributed by atoms with Crippen LogP contribution in [0.2, 0.25) is 0 Å². The summed E-state index contributed by atoms with van der Waals surface area (Å²) < 4.78 is 0. The van der Waals surface area contributed by atoms with Gasteiger partial charge in [-0.3, -0.25) is 0 Å². The standard InChI is InChI=1S/C13H27NS/c1-5-10(2)9-15-12-8-13(3,4)7-6-11(12)14/h10-12H,5-9,14H2,1-4H3. The quantitative estimate of drug-likeness (QED) is 0.796. The Morgan fingerprint density at radius 2 is 2.13 bits per heavy atom. The van der Waals surface area contributed by atoms with Crippen molar-refractivity contribution in [2.24, 2.45) is 17.1 Å². The van der Waals surface area contributed by atoms with E-state index in [1.165, 1.54) is 31.4 Å². The lowest BCUT2D eigenvalue weighted by molar-refractivity contribution is 0.232. The van der Waals surface area contributed by atoms with Crippen molar-refractivity contribution in [3.63, 3.8) is 0 Å². The van der Waals surface area contributed by atoms with Crippen LogP contribution in [0.3, 0.4) is 0 Å².